The molecule has 1 N–H and O–H groups in total. The number of hydrogen-bond acceptors (Lipinski definition) is 5. The zero-order chi connectivity index (χ0) is 14.2. The lowest BCUT2D eigenvalue weighted by Gasteiger charge is -2.06. The minimum absolute atomic E-state index is 0.160. The molecule has 0 atom stereocenters. The largest absolute Gasteiger partial charge is 0.465 e. The topological polar surface area (TPSA) is 64.1 Å². The van der Waals surface area contributed by atoms with Gasteiger partial charge in [-0.1, -0.05) is 0 Å². The van der Waals surface area contributed by atoms with E-state index >= 15 is 0 Å². The van der Waals surface area contributed by atoms with Gasteiger partial charge >= 0.3 is 5.97 Å². The molecule has 0 aliphatic carbocycles. The van der Waals surface area contributed by atoms with E-state index in [-0.39, 0.29) is 23.5 Å². The molecule has 0 aromatic carbocycles. The van der Waals surface area contributed by atoms with Crippen molar-refractivity contribution in [1.82, 2.24) is 9.55 Å². The minimum atomic E-state index is -0.465. The third-order valence-electron chi connectivity index (χ3n) is 2.90. The predicted molar refractivity (Wildman–Crippen MR) is 77.4 cm³/mol. The summed E-state index contributed by atoms with van der Waals surface area (Å²) in [5.41, 5.74) is 0.683. The summed E-state index contributed by atoms with van der Waals surface area (Å²) in [4.78, 5) is 28.7. The smallest absolute Gasteiger partial charge is 0.326 e. The van der Waals surface area contributed by atoms with E-state index in [1.54, 1.807) is 6.92 Å². The molecule has 0 amide bonds. The molecule has 0 fully saturated rings. The van der Waals surface area contributed by atoms with Crippen molar-refractivity contribution in [2.45, 2.75) is 27.3 Å². The van der Waals surface area contributed by atoms with Gasteiger partial charge in [0.15, 0.2) is 4.77 Å². The molecule has 2 aromatic heterocycles. The van der Waals surface area contributed by atoms with E-state index in [0.29, 0.717) is 5.39 Å². The number of nitrogens with zero attached hydrogens (tertiary/aromatic N) is 1. The van der Waals surface area contributed by atoms with Gasteiger partial charge in [0.1, 0.15) is 11.4 Å². The van der Waals surface area contributed by atoms with Crippen LogP contribution < -0.4 is 5.56 Å². The number of aromatic amines is 1. The first kappa shape index (κ1) is 14.0. The van der Waals surface area contributed by atoms with Gasteiger partial charge in [-0.15, -0.1) is 11.3 Å². The fourth-order valence-electron chi connectivity index (χ4n) is 1.84. The van der Waals surface area contributed by atoms with Crippen LogP contribution >= 0.6 is 23.6 Å². The van der Waals surface area contributed by atoms with Crippen LogP contribution in [0.3, 0.4) is 0 Å². The van der Waals surface area contributed by atoms with Gasteiger partial charge in [-0.05, 0) is 38.6 Å². The Labute approximate surface area is 118 Å². The molecule has 2 aromatic rings. The van der Waals surface area contributed by atoms with Crippen molar-refractivity contribution in [2.75, 3.05) is 6.61 Å². The standard InChI is InChI=1S/C12H14N2O3S2/c1-4-17-8(15)5-14-11(16)9-6(2)7(3)19-10(9)13-12(14)18/h4-5H2,1-3H3,(H,13,18). The molecule has 0 unspecified atom stereocenters. The van der Waals surface area contributed by atoms with Crippen LogP contribution in [0.4, 0.5) is 0 Å². The number of fused-ring (bicyclic) bond motifs is 1. The Morgan fingerprint density at radius 1 is 1.47 bits per heavy atom. The molecule has 0 spiro atoms. The van der Waals surface area contributed by atoms with E-state index in [2.05, 4.69) is 4.98 Å². The number of carbonyl (C=O) groups is 1. The molecule has 0 saturated heterocycles. The van der Waals surface area contributed by atoms with Crippen LogP contribution in [0, 0.1) is 18.6 Å². The fraction of sp³-hybridized carbons (Fsp3) is 0.417. The second-order valence-electron chi connectivity index (χ2n) is 4.11. The van der Waals surface area contributed by atoms with Gasteiger partial charge in [0.25, 0.3) is 5.56 Å². The Bertz CT molecular complexity index is 755. The van der Waals surface area contributed by atoms with E-state index in [1.165, 1.54) is 15.9 Å². The Hall–Kier alpha value is -1.47. The Balaban J connectivity index is 2.62. The number of hydrogen-bond donors (Lipinski definition) is 1. The maximum absolute atomic E-state index is 12.4. The number of rotatable bonds is 3. The average Bonchev–Trinajstić information content (AvgIpc) is 2.61. The highest BCUT2D eigenvalue weighted by molar-refractivity contribution is 7.71. The van der Waals surface area contributed by atoms with Crippen LogP contribution in [0.25, 0.3) is 10.2 Å². The lowest BCUT2D eigenvalue weighted by atomic mass is 10.2. The summed E-state index contributed by atoms with van der Waals surface area (Å²) < 4.78 is 6.33. The zero-order valence-electron chi connectivity index (χ0n) is 10.9. The summed E-state index contributed by atoms with van der Waals surface area (Å²) in [6.45, 7) is 5.68. The second-order valence-corrected chi connectivity index (χ2v) is 5.73. The van der Waals surface area contributed by atoms with Gasteiger partial charge in [0.2, 0.25) is 0 Å². The highest BCUT2D eigenvalue weighted by atomic mass is 32.1. The van der Waals surface area contributed by atoms with Crippen LogP contribution in [-0.2, 0) is 16.1 Å². The maximum atomic E-state index is 12.4. The van der Waals surface area contributed by atoms with Crippen LogP contribution in [0.1, 0.15) is 17.4 Å². The van der Waals surface area contributed by atoms with Crippen LogP contribution in [0.15, 0.2) is 4.79 Å². The lowest BCUT2D eigenvalue weighted by Crippen LogP contribution is -2.27. The van der Waals surface area contributed by atoms with E-state index in [4.69, 9.17) is 17.0 Å². The molecular weight excluding hydrogens is 284 g/mol. The molecule has 2 heterocycles. The van der Waals surface area contributed by atoms with Crippen LogP contribution in [0.2, 0.25) is 0 Å². The number of nitrogens with one attached hydrogen (secondary N) is 1. The molecule has 5 nitrogen and oxygen atoms in total. The molecule has 7 heteroatoms. The molecule has 0 bridgehead atoms. The van der Waals surface area contributed by atoms with Crippen molar-refractivity contribution < 1.29 is 9.53 Å². The van der Waals surface area contributed by atoms with Crippen molar-refractivity contribution >= 4 is 39.7 Å². The highest BCUT2D eigenvalue weighted by Crippen LogP contribution is 2.25. The van der Waals surface area contributed by atoms with Gasteiger partial charge in [-0.25, -0.2) is 0 Å². The SMILES string of the molecule is CCOC(=O)Cn1c(=S)[nH]c2sc(C)c(C)c2c1=O. The first-order chi connectivity index (χ1) is 8.95. The van der Waals surface area contributed by atoms with Crippen molar-refractivity contribution in [2.24, 2.45) is 0 Å². The van der Waals surface area contributed by atoms with Gasteiger partial charge < -0.3 is 9.72 Å². The number of ether oxygens (including phenoxy) is 1. The van der Waals surface area contributed by atoms with E-state index in [9.17, 15) is 9.59 Å². The van der Waals surface area contributed by atoms with E-state index in [0.717, 1.165) is 15.3 Å². The second kappa shape index (κ2) is 5.26. The first-order valence-electron chi connectivity index (χ1n) is 5.84. The highest BCUT2D eigenvalue weighted by Gasteiger charge is 2.14. The van der Waals surface area contributed by atoms with Gasteiger partial charge in [0.05, 0.1) is 12.0 Å². The molecule has 2 rings (SSSR count). The molecule has 0 saturated carbocycles. The van der Waals surface area contributed by atoms with Gasteiger partial charge in [-0.2, -0.15) is 0 Å². The number of aryl methyl sites for hydroxylation is 2. The van der Waals surface area contributed by atoms with Gasteiger partial charge in [0, 0.05) is 4.88 Å². The lowest BCUT2D eigenvalue weighted by molar-refractivity contribution is -0.143. The molecule has 19 heavy (non-hydrogen) atoms. The Morgan fingerprint density at radius 3 is 2.79 bits per heavy atom. The molecule has 102 valence electrons. The summed E-state index contributed by atoms with van der Waals surface area (Å²) in [5, 5.41) is 0.598. The zero-order valence-corrected chi connectivity index (χ0v) is 12.5. The third kappa shape index (κ3) is 2.48. The monoisotopic (exact) mass is 298 g/mol. The quantitative estimate of drug-likeness (QED) is 0.697. The normalized spacial score (nSPS) is 10.9. The predicted octanol–water partition coefficient (Wildman–Crippen LogP) is 2.30. The number of esters is 1. The Morgan fingerprint density at radius 2 is 2.16 bits per heavy atom. The number of carbonyl (C=O) groups excluding carboxylic acids is 1. The molecule has 0 radical (unpaired) electrons. The summed E-state index contributed by atoms with van der Waals surface area (Å²) in [7, 11) is 0. The summed E-state index contributed by atoms with van der Waals surface area (Å²) in [5.74, 6) is -0.465. The number of H-pyrrole nitrogens is 1. The molecular formula is C12H14N2O3S2. The van der Waals surface area contributed by atoms with E-state index in [1.807, 2.05) is 13.8 Å². The summed E-state index contributed by atoms with van der Waals surface area (Å²) in [6.07, 6.45) is 0. The van der Waals surface area contributed by atoms with Crippen LogP contribution in [-0.4, -0.2) is 22.1 Å². The number of aromatic nitrogens is 2. The van der Waals surface area contributed by atoms with Crippen molar-refractivity contribution in [3.8, 4) is 0 Å². The molecule has 0 aliphatic rings. The fourth-order valence-corrected chi connectivity index (χ4v) is 3.21. The summed E-state index contributed by atoms with van der Waals surface area (Å²) >= 11 is 6.62. The maximum Gasteiger partial charge on any atom is 0.326 e. The first-order valence-corrected chi connectivity index (χ1v) is 7.06. The van der Waals surface area contributed by atoms with E-state index < -0.39 is 5.97 Å². The van der Waals surface area contributed by atoms with Crippen molar-refractivity contribution in [3.63, 3.8) is 0 Å². The van der Waals surface area contributed by atoms with Crippen molar-refractivity contribution in [3.05, 3.63) is 25.6 Å². The number of thiophene rings is 1. The van der Waals surface area contributed by atoms with Crippen molar-refractivity contribution in [1.29, 1.82) is 0 Å². The Kier molecular flexibility index (Phi) is 3.86. The van der Waals surface area contributed by atoms with Crippen LogP contribution in [0.5, 0.6) is 0 Å². The third-order valence-corrected chi connectivity index (χ3v) is 4.35. The molecule has 0 aliphatic heterocycles. The minimum Gasteiger partial charge on any atom is -0.465 e. The average molecular weight is 298 g/mol. The van der Waals surface area contributed by atoms with Gasteiger partial charge in [-0.3, -0.25) is 14.2 Å². The summed E-state index contributed by atoms with van der Waals surface area (Å²) in [6, 6.07) is 0.